The number of thioether (sulfide) groups is 1. The molecule has 0 aliphatic carbocycles. The predicted molar refractivity (Wildman–Crippen MR) is 110 cm³/mol. The molecular formula is C17H27FIN3S. The molecule has 23 heavy (non-hydrogen) atoms. The third kappa shape index (κ3) is 6.49. The monoisotopic (exact) mass is 451 g/mol. The summed E-state index contributed by atoms with van der Waals surface area (Å²) in [5.74, 6) is 1.90. The lowest BCUT2D eigenvalue weighted by Gasteiger charge is -2.27. The normalized spacial score (nSPS) is 18.4. The molecule has 3 nitrogen and oxygen atoms in total. The van der Waals surface area contributed by atoms with Gasteiger partial charge < -0.3 is 10.6 Å². The molecule has 2 rings (SSSR count). The zero-order valence-corrected chi connectivity index (χ0v) is 17.2. The van der Waals surface area contributed by atoms with Gasteiger partial charge in [-0.1, -0.05) is 26.0 Å². The van der Waals surface area contributed by atoms with Crippen LogP contribution in [0, 0.1) is 5.82 Å². The quantitative estimate of drug-likeness (QED) is 0.407. The van der Waals surface area contributed by atoms with Crippen LogP contribution >= 0.6 is 35.7 Å². The fourth-order valence-electron chi connectivity index (χ4n) is 2.55. The number of halogens is 2. The van der Waals surface area contributed by atoms with Gasteiger partial charge in [-0.15, -0.1) is 24.0 Å². The summed E-state index contributed by atoms with van der Waals surface area (Å²) in [7, 11) is 1.78. The van der Waals surface area contributed by atoms with Crippen LogP contribution in [-0.4, -0.2) is 37.1 Å². The Bertz CT molecular complexity index is 516. The van der Waals surface area contributed by atoms with Gasteiger partial charge in [0.05, 0.1) is 0 Å². The van der Waals surface area contributed by atoms with E-state index in [4.69, 9.17) is 0 Å². The van der Waals surface area contributed by atoms with Gasteiger partial charge in [0.1, 0.15) is 5.82 Å². The van der Waals surface area contributed by atoms with E-state index in [9.17, 15) is 4.39 Å². The van der Waals surface area contributed by atoms with Gasteiger partial charge in [-0.25, -0.2) is 4.39 Å². The summed E-state index contributed by atoms with van der Waals surface area (Å²) in [5.41, 5.74) is 0.823. The van der Waals surface area contributed by atoms with Crippen molar-refractivity contribution in [3.05, 3.63) is 35.6 Å². The molecule has 1 aromatic carbocycles. The van der Waals surface area contributed by atoms with E-state index in [-0.39, 0.29) is 35.2 Å². The van der Waals surface area contributed by atoms with Crippen molar-refractivity contribution in [2.24, 2.45) is 4.99 Å². The molecule has 0 saturated carbocycles. The molecule has 1 unspecified atom stereocenters. The highest BCUT2D eigenvalue weighted by Gasteiger charge is 2.22. The first kappa shape index (κ1) is 20.5. The van der Waals surface area contributed by atoms with Crippen LogP contribution in [0.1, 0.15) is 32.3 Å². The summed E-state index contributed by atoms with van der Waals surface area (Å²) in [6.07, 6.45) is 2.60. The number of hydrogen-bond donors (Lipinski definition) is 2. The maximum atomic E-state index is 13.4. The van der Waals surface area contributed by atoms with Crippen LogP contribution in [0.25, 0.3) is 0 Å². The fourth-order valence-corrected chi connectivity index (χ4v) is 3.75. The zero-order chi connectivity index (χ0) is 16.0. The van der Waals surface area contributed by atoms with Crippen molar-refractivity contribution in [2.75, 3.05) is 25.9 Å². The number of nitrogens with one attached hydrogen (secondary N) is 2. The van der Waals surface area contributed by atoms with Crippen molar-refractivity contribution in [3.63, 3.8) is 0 Å². The lowest BCUT2D eigenvalue weighted by atomic mass is 9.84. The van der Waals surface area contributed by atoms with Crippen molar-refractivity contribution < 1.29 is 4.39 Å². The number of hydrogen-bond acceptors (Lipinski definition) is 2. The molecule has 0 amide bonds. The molecule has 2 N–H and O–H groups in total. The Labute approximate surface area is 160 Å². The summed E-state index contributed by atoms with van der Waals surface area (Å²) in [6, 6.07) is 6.81. The molecule has 1 saturated heterocycles. The lowest BCUT2D eigenvalue weighted by Crippen LogP contribution is -2.45. The fraction of sp³-hybridized carbons (Fsp3) is 0.588. The Balaban J connectivity index is 0.00000264. The lowest BCUT2D eigenvalue weighted by molar-refractivity contribution is 0.503. The van der Waals surface area contributed by atoms with Crippen LogP contribution in [0.2, 0.25) is 0 Å². The van der Waals surface area contributed by atoms with E-state index < -0.39 is 0 Å². The maximum Gasteiger partial charge on any atom is 0.191 e. The summed E-state index contributed by atoms with van der Waals surface area (Å²) >= 11 is 2.03. The van der Waals surface area contributed by atoms with Crippen molar-refractivity contribution in [1.82, 2.24) is 10.6 Å². The van der Waals surface area contributed by atoms with Crippen molar-refractivity contribution >= 4 is 41.7 Å². The molecule has 1 aliphatic rings. The number of aliphatic imine (C=N–C) groups is 1. The first-order valence-electron chi connectivity index (χ1n) is 7.83. The number of rotatable bonds is 5. The third-order valence-corrected chi connectivity index (χ3v) is 5.45. The van der Waals surface area contributed by atoms with E-state index in [1.54, 1.807) is 19.2 Å². The second-order valence-electron chi connectivity index (χ2n) is 6.34. The van der Waals surface area contributed by atoms with Crippen molar-refractivity contribution in [1.29, 1.82) is 0 Å². The van der Waals surface area contributed by atoms with Crippen molar-refractivity contribution in [3.8, 4) is 0 Å². The van der Waals surface area contributed by atoms with Gasteiger partial charge in [0, 0.05) is 30.8 Å². The maximum absolute atomic E-state index is 13.4. The van der Waals surface area contributed by atoms with E-state index in [0.717, 1.165) is 18.1 Å². The smallest absolute Gasteiger partial charge is 0.191 e. The molecule has 130 valence electrons. The summed E-state index contributed by atoms with van der Waals surface area (Å²) in [6.45, 7) is 5.86. The number of nitrogens with zero attached hydrogens (tertiary/aromatic N) is 1. The molecule has 1 aliphatic heterocycles. The van der Waals surface area contributed by atoms with Crippen LogP contribution in [0.4, 0.5) is 4.39 Å². The average Bonchev–Trinajstić information content (AvgIpc) is 3.01. The van der Waals surface area contributed by atoms with Crippen LogP contribution in [-0.2, 0) is 5.41 Å². The molecule has 1 fully saturated rings. The van der Waals surface area contributed by atoms with E-state index in [1.165, 1.54) is 24.7 Å². The third-order valence-electron chi connectivity index (χ3n) is 4.05. The Morgan fingerprint density at radius 3 is 2.78 bits per heavy atom. The molecule has 0 radical (unpaired) electrons. The minimum atomic E-state index is -0.189. The van der Waals surface area contributed by atoms with E-state index in [2.05, 4.69) is 29.5 Å². The molecule has 0 aromatic heterocycles. The predicted octanol–water partition coefficient (Wildman–Crippen LogP) is 3.78. The van der Waals surface area contributed by atoms with E-state index >= 15 is 0 Å². The highest BCUT2D eigenvalue weighted by molar-refractivity contribution is 14.0. The highest BCUT2D eigenvalue weighted by Crippen LogP contribution is 2.25. The second-order valence-corrected chi connectivity index (χ2v) is 7.74. The topological polar surface area (TPSA) is 36.4 Å². The van der Waals surface area contributed by atoms with E-state index in [1.807, 2.05) is 17.8 Å². The second kappa shape index (κ2) is 9.71. The standard InChI is InChI=1S/C17H26FN3S.HI/c1-17(2,13-6-4-7-14(18)10-13)12-21-16(19-3)20-11-15-8-5-9-22-15;/h4,6-7,10,15H,5,8-9,11-12H2,1-3H3,(H2,19,20,21);1H. The Kier molecular flexibility index (Phi) is 8.68. The summed E-state index contributed by atoms with van der Waals surface area (Å²) < 4.78 is 13.4. The average molecular weight is 451 g/mol. The number of benzene rings is 1. The van der Waals surface area contributed by atoms with Crippen LogP contribution < -0.4 is 10.6 Å². The van der Waals surface area contributed by atoms with Crippen LogP contribution in [0.3, 0.4) is 0 Å². The molecule has 0 bridgehead atoms. The van der Waals surface area contributed by atoms with Crippen LogP contribution in [0.15, 0.2) is 29.3 Å². The highest BCUT2D eigenvalue weighted by atomic mass is 127. The molecule has 1 heterocycles. The summed E-state index contributed by atoms with van der Waals surface area (Å²) in [4.78, 5) is 4.27. The Hall–Kier alpha value is -0.500. The largest absolute Gasteiger partial charge is 0.356 e. The van der Waals surface area contributed by atoms with E-state index in [0.29, 0.717) is 11.8 Å². The van der Waals surface area contributed by atoms with Gasteiger partial charge in [-0.05, 0) is 36.3 Å². The minimum absolute atomic E-state index is 0. The zero-order valence-electron chi connectivity index (χ0n) is 14.1. The Morgan fingerprint density at radius 2 is 2.17 bits per heavy atom. The first-order chi connectivity index (χ1) is 10.5. The number of guanidine groups is 1. The van der Waals surface area contributed by atoms with Crippen LogP contribution in [0.5, 0.6) is 0 Å². The molecule has 1 aromatic rings. The Morgan fingerprint density at radius 1 is 1.39 bits per heavy atom. The van der Waals surface area contributed by atoms with Gasteiger partial charge in [-0.3, -0.25) is 4.99 Å². The van der Waals surface area contributed by atoms with Gasteiger partial charge in [0.15, 0.2) is 5.96 Å². The van der Waals surface area contributed by atoms with Gasteiger partial charge in [0.2, 0.25) is 0 Å². The van der Waals surface area contributed by atoms with Crippen molar-refractivity contribution in [2.45, 2.75) is 37.4 Å². The summed E-state index contributed by atoms with van der Waals surface area (Å²) in [5, 5.41) is 7.44. The molecule has 6 heteroatoms. The first-order valence-corrected chi connectivity index (χ1v) is 8.88. The van der Waals surface area contributed by atoms with Gasteiger partial charge in [-0.2, -0.15) is 11.8 Å². The van der Waals surface area contributed by atoms with Gasteiger partial charge >= 0.3 is 0 Å². The van der Waals surface area contributed by atoms with Gasteiger partial charge in [0.25, 0.3) is 0 Å². The molecule has 0 spiro atoms. The minimum Gasteiger partial charge on any atom is -0.356 e. The molecule has 1 atom stereocenters. The molecular weight excluding hydrogens is 424 g/mol. The SMILES string of the molecule is CN=C(NCC1CCCS1)NCC(C)(C)c1cccc(F)c1.I.